The van der Waals surface area contributed by atoms with E-state index in [0.717, 1.165) is 34.9 Å². The van der Waals surface area contributed by atoms with Crippen LogP contribution in [0.1, 0.15) is 33.5 Å². The Bertz CT molecular complexity index is 609. The number of thiophene rings is 1. The number of pyridine rings is 1. The van der Waals surface area contributed by atoms with Crippen molar-refractivity contribution in [3.8, 4) is 0 Å². The number of nitrogens with zero attached hydrogens (tertiary/aromatic N) is 1. The molecule has 6 heteroatoms. The Balaban J connectivity index is 1.44. The first-order valence-corrected chi connectivity index (χ1v) is 8.28. The molecule has 1 atom stereocenters. The Morgan fingerprint density at radius 3 is 3.09 bits per heavy atom. The van der Waals surface area contributed by atoms with Crippen LogP contribution in [0.15, 0.2) is 36.7 Å². The second kappa shape index (κ2) is 7.38. The van der Waals surface area contributed by atoms with Gasteiger partial charge in [-0.15, -0.1) is 11.3 Å². The van der Waals surface area contributed by atoms with Crippen molar-refractivity contribution in [3.05, 3.63) is 46.4 Å². The molecule has 0 aliphatic carbocycles. The maximum atomic E-state index is 12.1. The van der Waals surface area contributed by atoms with Gasteiger partial charge in [-0.2, -0.15) is 0 Å². The van der Waals surface area contributed by atoms with Crippen molar-refractivity contribution in [2.45, 2.75) is 18.9 Å². The largest absolute Gasteiger partial charge is 0.382 e. The van der Waals surface area contributed by atoms with E-state index in [-0.39, 0.29) is 12.0 Å². The van der Waals surface area contributed by atoms with E-state index in [4.69, 9.17) is 4.74 Å². The molecule has 1 amide bonds. The van der Waals surface area contributed by atoms with Crippen LogP contribution in [0.4, 0.5) is 5.69 Å². The summed E-state index contributed by atoms with van der Waals surface area (Å²) >= 11 is 1.53. The summed E-state index contributed by atoms with van der Waals surface area (Å²) in [5.74, 6) is -0.0257. The zero-order valence-electron chi connectivity index (χ0n) is 12.2. The van der Waals surface area contributed by atoms with E-state index in [9.17, 15) is 4.79 Å². The van der Waals surface area contributed by atoms with Gasteiger partial charge in [0.05, 0.1) is 16.7 Å². The van der Waals surface area contributed by atoms with Gasteiger partial charge in [0.25, 0.3) is 5.91 Å². The van der Waals surface area contributed by atoms with E-state index < -0.39 is 0 Å². The highest BCUT2D eigenvalue weighted by Crippen LogP contribution is 2.33. The number of hydrogen-bond acceptors (Lipinski definition) is 5. The molecule has 5 nitrogen and oxygen atoms in total. The van der Waals surface area contributed by atoms with Gasteiger partial charge in [-0.3, -0.25) is 9.78 Å². The number of aromatic nitrogens is 1. The van der Waals surface area contributed by atoms with Gasteiger partial charge < -0.3 is 15.4 Å². The lowest BCUT2D eigenvalue weighted by atomic mass is 10.2. The number of rotatable bonds is 6. The van der Waals surface area contributed by atoms with Gasteiger partial charge >= 0.3 is 0 Å². The van der Waals surface area contributed by atoms with Crippen LogP contribution >= 0.6 is 11.3 Å². The van der Waals surface area contributed by atoms with Gasteiger partial charge in [-0.25, -0.2) is 0 Å². The number of carbonyl (C=O) groups is 1. The van der Waals surface area contributed by atoms with E-state index in [0.29, 0.717) is 13.1 Å². The van der Waals surface area contributed by atoms with Crippen molar-refractivity contribution in [2.24, 2.45) is 0 Å². The molecule has 1 aliphatic rings. The summed E-state index contributed by atoms with van der Waals surface area (Å²) in [5.41, 5.74) is 0.952. The summed E-state index contributed by atoms with van der Waals surface area (Å²) in [6.45, 7) is 2.06. The molecule has 2 aromatic rings. The van der Waals surface area contributed by atoms with Crippen LogP contribution in [-0.2, 0) is 4.74 Å². The average molecular weight is 317 g/mol. The highest BCUT2D eigenvalue weighted by molar-refractivity contribution is 7.14. The Labute approximate surface area is 133 Å². The van der Waals surface area contributed by atoms with Crippen molar-refractivity contribution in [2.75, 3.05) is 25.0 Å². The molecule has 0 spiro atoms. The summed E-state index contributed by atoms with van der Waals surface area (Å²) in [4.78, 5) is 18.0. The van der Waals surface area contributed by atoms with Crippen LogP contribution in [0, 0.1) is 0 Å². The fourth-order valence-electron chi connectivity index (χ4n) is 2.39. The molecule has 2 N–H and O–H groups in total. The number of amides is 1. The van der Waals surface area contributed by atoms with Crippen molar-refractivity contribution in [3.63, 3.8) is 0 Å². The minimum absolute atomic E-state index is 0.0257. The first-order chi connectivity index (χ1) is 10.8. The van der Waals surface area contributed by atoms with Crippen LogP contribution in [0.2, 0.25) is 0 Å². The molecule has 116 valence electrons. The highest BCUT2D eigenvalue weighted by atomic mass is 32.1. The minimum atomic E-state index is -0.0257. The molecule has 2 aromatic heterocycles. The maximum Gasteiger partial charge on any atom is 0.261 e. The Morgan fingerprint density at radius 1 is 1.36 bits per heavy atom. The zero-order chi connectivity index (χ0) is 15.2. The van der Waals surface area contributed by atoms with Gasteiger partial charge in [0.2, 0.25) is 0 Å². The SMILES string of the molecule is O=C(NCCNc1cccnc1)c1ccc([C@H]2CCCO2)s1. The standard InChI is InChI=1S/C16H19N3O2S/c20-16(19-9-8-18-12-3-1-7-17-11-12)15-6-5-14(22-15)13-4-2-10-21-13/h1,3,5-7,11,13,18H,2,4,8-10H2,(H,19,20)/t13-/m1/s1. The lowest BCUT2D eigenvalue weighted by molar-refractivity contribution is 0.0959. The Kier molecular flexibility index (Phi) is 5.03. The summed E-state index contributed by atoms with van der Waals surface area (Å²) in [6, 6.07) is 7.70. The molecular weight excluding hydrogens is 298 g/mol. The molecule has 0 aromatic carbocycles. The van der Waals surface area contributed by atoms with E-state index >= 15 is 0 Å². The fourth-order valence-corrected chi connectivity index (χ4v) is 3.40. The number of anilines is 1. The molecular formula is C16H19N3O2S. The van der Waals surface area contributed by atoms with Gasteiger partial charge in [-0.05, 0) is 37.1 Å². The van der Waals surface area contributed by atoms with Gasteiger partial charge in [0.15, 0.2) is 0 Å². The molecule has 0 radical (unpaired) electrons. The molecule has 0 unspecified atom stereocenters. The topological polar surface area (TPSA) is 63.2 Å². The third-order valence-corrected chi connectivity index (χ3v) is 4.67. The Hall–Kier alpha value is -1.92. The Morgan fingerprint density at radius 2 is 2.32 bits per heavy atom. The lowest BCUT2D eigenvalue weighted by Crippen LogP contribution is -2.28. The van der Waals surface area contributed by atoms with Gasteiger partial charge in [0, 0.05) is 37.0 Å². The number of carbonyl (C=O) groups excluding carboxylic acids is 1. The van der Waals surface area contributed by atoms with Crippen LogP contribution in [0.3, 0.4) is 0 Å². The molecule has 0 bridgehead atoms. The quantitative estimate of drug-likeness (QED) is 0.804. The number of ether oxygens (including phenoxy) is 1. The zero-order valence-corrected chi connectivity index (χ0v) is 13.1. The average Bonchev–Trinajstić information content (AvgIpc) is 3.22. The first kappa shape index (κ1) is 15.0. The lowest BCUT2D eigenvalue weighted by Gasteiger charge is -2.07. The predicted molar refractivity (Wildman–Crippen MR) is 87.3 cm³/mol. The number of hydrogen-bond donors (Lipinski definition) is 2. The van der Waals surface area contributed by atoms with E-state index in [1.54, 1.807) is 12.4 Å². The van der Waals surface area contributed by atoms with Gasteiger partial charge in [-0.1, -0.05) is 0 Å². The number of nitrogens with one attached hydrogen (secondary N) is 2. The predicted octanol–water partition coefficient (Wildman–Crippen LogP) is 2.84. The highest BCUT2D eigenvalue weighted by Gasteiger charge is 2.20. The fraction of sp³-hybridized carbons (Fsp3) is 0.375. The molecule has 22 heavy (non-hydrogen) atoms. The molecule has 1 saturated heterocycles. The second-order valence-electron chi connectivity index (χ2n) is 5.13. The van der Waals surface area contributed by atoms with E-state index in [1.807, 2.05) is 24.3 Å². The molecule has 1 aliphatic heterocycles. The molecule has 1 fully saturated rings. The third-order valence-electron chi connectivity index (χ3n) is 3.50. The van der Waals surface area contributed by atoms with Crippen LogP contribution in [0.5, 0.6) is 0 Å². The van der Waals surface area contributed by atoms with Crippen molar-refractivity contribution >= 4 is 22.9 Å². The second-order valence-corrected chi connectivity index (χ2v) is 6.24. The van der Waals surface area contributed by atoms with Gasteiger partial charge in [0.1, 0.15) is 0 Å². The summed E-state index contributed by atoms with van der Waals surface area (Å²) < 4.78 is 5.64. The molecule has 3 heterocycles. The monoisotopic (exact) mass is 317 g/mol. The minimum Gasteiger partial charge on any atom is -0.382 e. The van der Waals surface area contributed by atoms with E-state index in [1.165, 1.54) is 11.3 Å². The van der Waals surface area contributed by atoms with Crippen molar-refractivity contribution in [1.82, 2.24) is 10.3 Å². The van der Waals surface area contributed by atoms with Crippen LogP contribution < -0.4 is 10.6 Å². The van der Waals surface area contributed by atoms with Crippen LogP contribution in [-0.4, -0.2) is 30.6 Å². The molecule has 3 rings (SSSR count). The maximum absolute atomic E-state index is 12.1. The molecule has 0 saturated carbocycles. The smallest absolute Gasteiger partial charge is 0.261 e. The van der Waals surface area contributed by atoms with Crippen molar-refractivity contribution in [1.29, 1.82) is 0 Å². The van der Waals surface area contributed by atoms with Crippen molar-refractivity contribution < 1.29 is 9.53 Å². The summed E-state index contributed by atoms with van der Waals surface area (Å²) in [7, 11) is 0. The summed E-state index contributed by atoms with van der Waals surface area (Å²) in [6.07, 6.45) is 5.82. The van der Waals surface area contributed by atoms with Crippen LogP contribution in [0.25, 0.3) is 0 Å². The summed E-state index contributed by atoms with van der Waals surface area (Å²) in [5, 5.41) is 6.13. The normalized spacial score (nSPS) is 17.4. The first-order valence-electron chi connectivity index (χ1n) is 7.46. The third kappa shape index (κ3) is 3.84. The van der Waals surface area contributed by atoms with E-state index in [2.05, 4.69) is 15.6 Å².